The molecule has 1 aromatic rings. The average Bonchev–Trinajstić information content (AvgIpc) is 2.45. The molecule has 3 nitrogen and oxygen atoms in total. The van der Waals surface area contributed by atoms with Gasteiger partial charge < -0.3 is 10.6 Å². The average molecular weight is 283 g/mol. The third kappa shape index (κ3) is 5.99. The monoisotopic (exact) mass is 283 g/mol. The Balaban J connectivity index is 2.32. The van der Waals surface area contributed by atoms with Crippen molar-refractivity contribution in [1.82, 2.24) is 10.6 Å². The van der Waals surface area contributed by atoms with Crippen LogP contribution < -0.4 is 10.6 Å². The van der Waals surface area contributed by atoms with Crippen LogP contribution in [-0.4, -0.2) is 26.1 Å². The van der Waals surface area contributed by atoms with Crippen LogP contribution in [0.1, 0.15) is 31.7 Å². The zero-order valence-electron chi connectivity index (χ0n) is 12.2. The summed E-state index contributed by atoms with van der Waals surface area (Å²) in [4.78, 5) is 4.08. The molecule has 0 atom stereocenters. The van der Waals surface area contributed by atoms with Crippen molar-refractivity contribution in [2.45, 2.75) is 32.6 Å². The molecular weight excluding hydrogens is 260 g/mol. The molecule has 5 heteroatoms. The number of halogens is 2. The summed E-state index contributed by atoms with van der Waals surface area (Å²) in [7, 11) is 1.69. The molecule has 0 aromatic heterocycles. The third-order valence-electron chi connectivity index (χ3n) is 2.99. The van der Waals surface area contributed by atoms with Gasteiger partial charge in [-0.3, -0.25) is 4.99 Å². The number of nitrogens with one attached hydrogen (secondary N) is 2. The zero-order chi connectivity index (χ0) is 14.8. The first-order valence-corrected chi connectivity index (χ1v) is 7.05. The topological polar surface area (TPSA) is 36.4 Å². The minimum absolute atomic E-state index is 0.374. The van der Waals surface area contributed by atoms with E-state index in [-0.39, 0.29) is 5.82 Å². The Labute approximate surface area is 119 Å². The van der Waals surface area contributed by atoms with Gasteiger partial charge in [0.15, 0.2) is 5.96 Å². The maximum absolute atomic E-state index is 13.4. The molecule has 0 spiro atoms. The van der Waals surface area contributed by atoms with Crippen molar-refractivity contribution in [3.8, 4) is 0 Å². The van der Waals surface area contributed by atoms with Crippen LogP contribution in [0.5, 0.6) is 0 Å². The van der Waals surface area contributed by atoms with Gasteiger partial charge in [0, 0.05) is 20.1 Å². The molecule has 0 aliphatic carbocycles. The van der Waals surface area contributed by atoms with Gasteiger partial charge in [0.1, 0.15) is 11.6 Å². The van der Waals surface area contributed by atoms with Crippen LogP contribution in [0.4, 0.5) is 8.78 Å². The Morgan fingerprint density at radius 2 is 1.90 bits per heavy atom. The van der Waals surface area contributed by atoms with E-state index in [0.717, 1.165) is 25.1 Å². The molecule has 0 fully saturated rings. The zero-order valence-corrected chi connectivity index (χ0v) is 12.2. The second kappa shape index (κ2) is 9.28. The van der Waals surface area contributed by atoms with Gasteiger partial charge in [0.05, 0.1) is 0 Å². The molecule has 2 N–H and O–H groups in total. The number of aliphatic imine (C=N–C) groups is 1. The molecule has 0 radical (unpaired) electrons. The first-order valence-electron chi connectivity index (χ1n) is 7.05. The number of nitrogens with zero attached hydrogens (tertiary/aromatic N) is 1. The first-order chi connectivity index (χ1) is 9.67. The van der Waals surface area contributed by atoms with Crippen molar-refractivity contribution in [2.24, 2.45) is 4.99 Å². The number of hydrogen-bond acceptors (Lipinski definition) is 1. The smallest absolute Gasteiger partial charge is 0.190 e. The van der Waals surface area contributed by atoms with E-state index in [0.29, 0.717) is 24.5 Å². The Hall–Kier alpha value is -1.65. The molecule has 20 heavy (non-hydrogen) atoms. The number of guanidine groups is 1. The highest BCUT2D eigenvalue weighted by Crippen LogP contribution is 2.09. The van der Waals surface area contributed by atoms with Gasteiger partial charge in [-0.1, -0.05) is 19.8 Å². The lowest BCUT2D eigenvalue weighted by molar-refractivity contribution is 0.583. The minimum atomic E-state index is -0.413. The van der Waals surface area contributed by atoms with Crippen molar-refractivity contribution in [1.29, 1.82) is 0 Å². The summed E-state index contributed by atoms with van der Waals surface area (Å²) >= 11 is 0. The van der Waals surface area contributed by atoms with Crippen LogP contribution in [0, 0.1) is 11.6 Å². The summed E-state index contributed by atoms with van der Waals surface area (Å²) < 4.78 is 26.4. The highest BCUT2D eigenvalue weighted by molar-refractivity contribution is 5.79. The Bertz CT molecular complexity index is 433. The molecule has 112 valence electrons. The largest absolute Gasteiger partial charge is 0.356 e. The molecule has 0 amide bonds. The van der Waals surface area contributed by atoms with E-state index in [2.05, 4.69) is 22.5 Å². The predicted molar refractivity (Wildman–Crippen MR) is 79.0 cm³/mol. The van der Waals surface area contributed by atoms with E-state index in [4.69, 9.17) is 0 Å². The normalized spacial score (nSPS) is 11.5. The molecule has 0 saturated carbocycles. The van der Waals surface area contributed by atoms with Gasteiger partial charge in [-0.15, -0.1) is 0 Å². The first kappa shape index (κ1) is 16.4. The maximum Gasteiger partial charge on any atom is 0.190 e. The van der Waals surface area contributed by atoms with E-state index >= 15 is 0 Å². The fraction of sp³-hybridized carbons (Fsp3) is 0.533. The molecule has 1 aromatic carbocycles. The van der Waals surface area contributed by atoms with Crippen molar-refractivity contribution in [2.75, 3.05) is 20.1 Å². The standard InChI is InChI=1S/C15H23F2N3/c1-3-4-5-9-19-15(18-2)20-10-8-12-11-13(16)6-7-14(12)17/h6-7,11H,3-5,8-10H2,1-2H3,(H2,18,19,20). The van der Waals surface area contributed by atoms with Crippen LogP contribution in [-0.2, 0) is 6.42 Å². The van der Waals surface area contributed by atoms with Gasteiger partial charge in [-0.25, -0.2) is 8.78 Å². The molecular formula is C15H23F2N3. The molecule has 0 unspecified atom stereocenters. The van der Waals surface area contributed by atoms with Gasteiger partial charge >= 0.3 is 0 Å². The molecule has 0 saturated heterocycles. The lowest BCUT2D eigenvalue weighted by Crippen LogP contribution is -2.38. The van der Waals surface area contributed by atoms with Crippen LogP contribution >= 0.6 is 0 Å². The quantitative estimate of drug-likeness (QED) is 0.458. The molecule has 1 rings (SSSR count). The fourth-order valence-electron chi connectivity index (χ4n) is 1.85. The third-order valence-corrected chi connectivity index (χ3v) is 2.99. The highest BCUT2D eigenvalue weighted by Gasteiger charge is 2.04. The van der Waals surface area contributed by atoms with Gasteiger partial charge in [0.25, 0.3) is 0 Å². The molecule has 0 aliphatic rings. The van der Waals surface area contributed by atoms with Crippen LogP contribution in [0.15, 0.2) is 23.2 Å². The van der Waals surface area contributed by atoms with E-state index in [9.17, 15) is 8.78 Å². The summed E-state index contributed by atoms with van der Waals surface area (Å²) in [6.45, 7) is 3.52. The Morgan fingerprint density at radius 1 is 1.15 bits per heavy atom. The lowest BCUT2D eigenvalue weighted by Gasteiger charge is -2.12. The van der Waals surface area contributed by atoms with Crippen LogP contribution in [0.3, 0.4) is 0 Å². The Kier molecular flexibility index (Phi) is 7.62. The summed E-state index contributed by atoms with van der Waals surface area (Å²) in [5, 5.41) is 6.28. The minimum Gasteiger partial charge on any atom is -0.356 e. The van der Waals surface area contributed by atoms with Crippen molar-refractivity contribution >= 4 is 5.96 Å². The number of hydrogen-bond donors (Lipinski definition) is 2. The van der Waals surface area contributed by atoms with E-state index in [1.165, 1.54) is 18.9 Å². The summed E-state index contributed by atoms with van der Waals surface area (Å²) in [5.41, 5.74) is 0.374. The fourth-order valence-corrected chi connectivity index (χ4v) is 1.85. The number of benzene rings is 1. The Morgan fingerprint density at radius 3 is 2.60 bits per heavy atom. The number of rotatable bonds is 7. The van der Waals surface area contributed by atoms with Crippen LogP contribution in [0.25, 0.3) is 0 Å². The summed E-state index contributed by atoms with van der Waals surface area (Å²) in [6.07, 6.45) is 3.86. The number of unbranched alkanes of at least 4 members (excludes halogenated alkanes) is 2. The summed E-state index contributed by atoms with van der Waals surface area (Å²) in [6, 6.07) is 3.51. The van der Waals surface area contributed by atoms with E-state index < -0.39 is 5.82 Å². The van der Waals surface area contributed by atoms with Gasteiger partial charge in [0.2, 0.25) is 0 Å². The second-order valence-electron chi connectivity index (χ2n) is 4.62. The second-order valence-corrected chi connectivity index (χ2v) is 4.62. The van der Waals surface area contributed by atoms with Crippen molar-refractivity contribution in [3.63, 3.8) is 0 Å². The van der Waals surface area contributed by atoms with E-state index in [1.807, 2.05) is 0 Å². The predicted octanol–water partition coefficient (Wildman–Crippen LogP) is 2.86. The highest BCUT2D eigenvalue weighted by atomic mass is 19.1. The SMILES string of the molecule is CCCCCNC(=NC)NCCc1cc(F)ccc1F. The van der Waals surface area contributed by atoms with Gasteiger partial charge in [-0.2, -0.15) is 0 Å². The van der Waals surface area contributed by atoms with Crippen molar-refractivity contribution < 1.29 is 8.78 Å². The van der Waals surface area contributed by atoms with Crippen LogP contribution in [0.2, 0.25) is 0 Å². The van der Waals surface area contributed by atoms with E-state index in [1.54, 1.807) is 7.05 Å². The molecule has 0 aliphatic heterocycles. The van der Waals surface area contributed by atoms with Crippen molar-refractivity contribution in [3.05, 3.63) is 35.4 Å². The molecule has 0 heterocycles. The molecule has 0 bridgehead atoms. The summed E-state index contributed by atoms with van der Waals surface area (Å²) in [5.74, 6) is -0.0968. The maximum atomic E-state index is 13.4. The van der Waals surface area contributed by atoms with Gasteiger partial charge in [-0.05, 0) is 36.6 Å². The lowest BCUT2D eigenvalue weighted by atomic mass is 10.1.